The first-order chi connectivity index (χ1) is 17.8. The van der Waals surface area contributed by atoms with E-state index in [1.54, 1.807) is 26.2 Å². The SMILES string of the molecule is COc1cccc(CNC(=O)N(CC=C(C)C)C2(C=O)CCN(Cc3cc(OC)cc(OC)c3)CC2)c1. The molecule has 0 unspecified atom stereocenters. The van der Waals surface area contributed by atoms with Crippen LogP contribution in [0.3, 0.4) is 0 Å². The number of amides is 2. The Kier molecular flexibility index (Phi) is 9.97. The molecule has 1 fully saturated rings. The van der Waals surface area contributed by atoms with E-state index in [4.69, 9.17) is 14.2 Å². The molecule has 0 radical (unpaired) electrons. The third-order valence-corrected chi connectivity index (χ3v) is 6.80. The Hall–Kier alpha value is -3.52. The zero-order valence-electron chi connectivity index (χ0n) is 22.6. The first kappa shape index (κ1) is 28.1. The molecular formula is C29H39N3O5. The number of piperidine rings is 1. The van der Waals surface area contributed by atoms with Crippen LogP contribution in [0.4, 0.5) is 4.79 Å². The molecule has 3 rings (SSSR count). The van der Waals surface area contributed by atoms with Gasteiger partial charge in [-0.05, 0) is 62.1 Å². The van der Waals surface area contributed by atoms with Gasteiger partial charge in [-0.15, -0.1) is 0 Å². The van der Waals surface area contributed by atoms with Crippen LogP contribution in [-0.4, -0.2) is 68.6 Å². The van der Waals surface area contributed by atoms with Crippen molar-refractivity contribution in [1.82, 2.24) is 15.1 Å². The molecule has 1 saturated heterocycles. The van der Waals surface area contributed by atoms with Crippen molar-refractivity contribution in [2.75, 3.05) is 41.0 Å². The molecule has 0 bridgehead atoms. The van der Waals surface area contributed by atoms with Gasteiger partial charge in [0.05, 0.1) is 21.3 Å². The van der Waals surface area contributed by atoms with Gasteiger partial charge in [-0.2, -0.15) is 0 Å². The number of hydrogen-bond donors (Lipinski definition) is 1. The smallest absolute Gasteiger partial charge is 0.318 e. The normalized spacial score (nSPS) is 14.8. The molecule has 0 saturated carbocycles. The van der Waals surface area contributed by atoms with E-state index in [9.17, 15) is 9.59 Å². The number of nitrogens with one attached hydrogen (secondary N) is 1. The fourth-order valence-corrected chi connectivity index (χ4v) is 4.56. The van der Waals surface area contributed by atoms with Crippen molar-refractivity contribution >= 4 is 12.3 Å². The van der Waals surface area contributed by atoms with Crippen LogP contribution in [-0.2, 0) is 17.9 Å². The molecule has 8 nitrogen and oxygen atoms in total. The van der Waals surface area contributed by atoms with Gasteiger partial charge < -0.3 is 29.2 Å². The van der Waals surface area contributed by atoms with Gasteiger partial charge in [0.25, 0.3) is 0 Å². The van der Waals surface area contributed by atoms with E-state index < -0.39 is 5.54 Å². The molecular weight excluding hydrogens is 470 g/mol. The van der Waals surface area contributed by atoms with Crippen LogP contribution >= 0.6 is 0 Å². The first-order valence-electron chi connectivity index (χ1n) is 12.5. The minimum atomic E-state index is -0.868. The molecule has 0 aromatic heterocycles. The van der Waals surface area contributed by atoms with E-state index in [1.807, 2.05) is 62.4 Å². The summed E-state index contributed by atoms with van der Waals surface area (Å²) in [6.45, 7) is 6.78. The fourth-order valence-electron chi connectivity index (χ4n) is 4.56. The van der Waals surface area contributed by atoms with Crippen LogP contribution in [0.25, 0.3) is 0 Å². The minimum absolute atomic E-state index is 0.251. The molecule has 37 heavy (non-hydrogen) atoms. The summed E-state index contributed by atoms with van der Waals surface area (Å²) in [7, 11) is 4.89. The lowest BCUT2D eigenvalue weighted by molar-refractivity contribution is -0.119. The summed E-state index contributed by atoms with van der Waals surface area (Å²) >= 11 is 0. The quantitative estimate of drug-likeness (QED) is 0.357. The van der Waals surface area contributed by atoms with E-state index in [0.29, 0.717) is 45.6 Å². The van der Waals surface area contributed by atoms with Gasteiger partial charge in [-0.25, -0.2) is 4.79 Å². The Balaban J connectivity index is 1.71. The van der Waals surface area contributed by atoms with Crippen LogP contribution in [0.15, 0.2) is 54.1 Å². The van der Waals surface area contributed by atoms with Crippen molar-refractivity contribution in [1.29, 1.82) is 0 Å². The maximum atomic E-state index is 13.4. The molecule has 1 aliphatic rings. The van der Waals surface area contributed by atoms with Gasteiger partial charge in [0.1, 0.15) is 29.1 Å². The van der Waals surface area contributed by atoms with E-state index in [2.05, 4.69) is 10.2 Å². The molecule has 1 aliphatic heterocycles. The van der Waals surface area contributed by atoms with Crippen molar-refractivity contribution in [3.63, 3.8) is 0 Å². The van der Waals surface area contributed by atoms with Gasteiger partial charge in [-0.1, -0.05) is 23.8 Å². The molecule has 8 heteroatoms. The van der Waals surface area contributed by atoms with Gasteiger partial charge >= 0.3 is 6.03 Å². The largest absolute Gasteiger partial charge is 0.497 e. The molecule has 0 spiro atoms. The highest BCUT2D eigenvalue weighted by Gasteiger charge is 2.42. The number of ether oxygens (including phenoxy) is 3. The van der Waals surface area contributed by atoms with Gasteiger partial charge in [0, 0.05) is 38.8 Å². The highest BCUT2D eigenvalue weighted by atomic mass is 16.5. The lowest BCUT2D eigenvalue weighted by Gasteiger charge is -2.45. The molecule has 2 aromatic carbocycles. The number of carbonyl (C=O) groups is 2. The van der Waals surface area contributed by atoms with Crippen LogP contribution in [0, 0.1) is 0 Å². The van der Waals surface area contributed by atoms with Crippen molar-refractivity contribution < 1.29 is 23.8 Å². The van der Waals surface area contributed by atoms with Gasteiger partial charge in [0.2, 0.25) is 0 Å². The lowest BCUT2D eigenvalue weighted by Crippen LogP contribution is -2.60. The van der Waals surface area contributed by atoms with E-state index in [1.165, 1.54) is 0 Å². The Morgan fingerprint density at radius 2 is 1.59 bits per heavy atom. The maximum absolute atomic E-state index is 13.4. The van der Waals surface area contributed by atoms with Crippen molar-refractivity contribution in [3.05, 3.63) is 65.2 Å². The third-order valence-electron chi connectivity index (χ3n) is 6.80. The van der Waals surface area contributed by atoms with E-state index in [0.717, 1.165) is 40.2 Å². The van der Waals surface area contributed by atoms with E-state index in [-0.39, 0.29) is 6.03 Å². The summed E-state index contributed by atoms with van der Waals surface area (Å²) in [6, 6.07) is 13.2. The zero-order valence-corrected chi connectivity index (χ0v) is 22.6. The Labute approximate surface area is 220 Å². The average Bonchev–Trinajstić information content (AvgIpc) is 2.92. The number of carbonyl (C=O) groups excluding carboxylic acids is 2. The maximum Gasteiger partial charge on any atom is 0.318 e. The number of urea groups is 1. The second kappa shape index (κ2) is 13.1. The topological polar surface area (TPSA) is 80.3 Å². The second-order valence-electron chi connectivity index (χ2n) is 9.62. The Morgan fingerprint density at radius 1 is 0.973 bits per heavy atom. The van der Waals surface area contributed by atoms with Crippen molar-refractivity contribution in [3.8, 4) is 17.2 Å². The lowest BCUT2D eigenvalue weighted by atomic mass is 9.86. The number of aldehydes is 1. The van der Waals surface area contributed by atoms with Gasteiger partial charge in [-0.3, -0.25) is 4.90 Å². The summed E-state index contributed by atoms with van der Waals surface area (Å²) in [5.41, 5.74) is 2.23. The number of benzene rings is 2. The van der Waals surface area contributed by atoms with Crippen LogP contribution in [0.2, 0.25) is 0 Å². The fraction of sp³-hybridized carbons (Fsp3) is 0.448. The minimum Gasteiger partial charge on any atom is -0.497 e. The number of rotatable bonds is 11. The number of methoxy groups -OCH3 is 3. The predicted molar refractivity (Wildman–Crippen MR) is 144 cm³/mol. The molecule has 1 heterocycles. The summed E-state index contributed by atoms with van der Waals surface area (Å²) in [4.78, 5) is 30.0. The summed E-state index contributed by atoms with van der Waals surface area (Å²) < 4.78 is 16.1. The number of hydrogen-bond acceptors (Lipinski definition) is 6. The Bertz CT molecular complexity index is 1070. The summed E-state index contributed by atoms with van der Waals surface area (Å²) in [5.74, 6) is 2.22. The van der Waals surface area contributed by atoms with E-state index >= 15 is 0 Å². The molecule has 0 atom stereocenters. The summed E-state index contributed by atoms with van der Waals surface area (Å²) in [5, 5.41) is 3.01. The Morgan fingerprint density at radius 3 is 2.16 bits per heavy atom. The molecule has 1 N–H and O–H groups in total. The average molecular weight is 510 g/mol. The molecule has 0 aliphatic carbocycles. The van der Waals surface area contributed by atoms with Crippen LogP contribution < -0.4 is 19.5 Å². The summed E-state index contributed by atoms with van der Waals surface area (Å²) in [6.07, 6.45) is 4.07. The zero-order chi connectivity index (χ0) is 26.8. The first-order valence-corrected chi connectivity index (χ1v) is 12.5. The van der Waals surface area contributed by atoms with Crippen LogP contribution in [0.5, 0.6) is 17.2 Å². The van der Waals surface area contributed by atoms with Crippen LogP contribution in [0.1, 0.15) is 37.8 Å². The number of nitrogens with zero attached hydrogens (tertiary/aromatic N) is 2. The molecule has 2 aromatic rings. The van der Waals surface area contributed by atoms with Gasteiger partial charge in [0.15, 0.2) is 0 Å². The van der Waals surface area contributed by atoms with Crippen molar-refractivity contribution in [2.45, 2.75) is 45.3 Å². The second-order valence-corrected chi connectivity index (χ2v) is 9.62. The third kappa shape index (κ3) is 7.49. The highest BCUT2D eigenvalue weighted by molar-refractivity contribution is 5.81. The monoisotopic (exact) mass is 509 g/mol. The molecule has 2 amide bonds. The highest BCUT2D eigenvalue weighted by Crippen LogP contribution is 2.30. The predicted octanol–water partition coefficient (Wildman–Crippen LogP) is 4.42. The number of allylic oxidation sites excluding steroid dienone is 1. The molecule has 200 valence electrons. The number of likely N-dealkylation sites (tertiary alicyclic amines) is 1. The van der Waals surface area contributed by atoms with Crippen molar-refractivity contribution in [2.24, 2.45) is 0 Å². The standard InChI is InChI=1S/C29H39N3O5/c1-22(2)9-12-32(28(34)30-19-23-7-6-8-25(15-23)35-3)29(21-33)10-13-31(14-11-29)20-24-16-26(36-4)18-27(17-24)37-5/h6-9,15-18,21H,10-14,19-20H2,1-5H3,(H,30,34).